The van der Waals surface area contributed by atoms with Gasteiger partial charge in [0, 0.05) is 12.9 Å². The van der Waals surface area contributed by atoms with Gasteiger partial charge in [0.2, 0.25) is 0 Å². The lowest BCUT2D eigenvalue weighted by molar-refractivity contribution is 0.308. The maximum atomic E-state index is 12.2. The molecule has 0 saturated heterocycles. The third-order valence-electron chi connectivity index (χ3n) is 3.16. The maximum Gasteiger partial charge on any atom is 0.331 e. The molecule has 0 aromatic heterocycles. The van der Waals surface area contributed by atoms with Gasteiger partial charge < -0.3 is 9.42 Å². The van der Waals surface area contributed by atoms with Crippen molar-refractivity contribution in [3.63, 3.8) is 0 Å². The third-order valence-corrected chi connectivity index (χ3v) is 11.4. The minimum Gasteiger partial charge on any atom is -0.324 e. The van der Waals surface area contributed by atoms with Crippen LogP contribution in [0.25, 0.3) is 0 Å². The van der Waals surface area contributed by atoms with E-state index in [0.717, 1.165) is 21.0 Å². The molecule has 0 radical (unpaired) electrons. The lowest BCUT2D eigenvalue weighted by Gasteiger charge is -2.26. The van der Waals surface area contributed by atoms with Gasteiger partial charge in [-0.2, -0.15) is 0 Å². The van der Waals surface area contributed by atoms with Gasteiger partial charge in [-0.25, -0.2) is 16.8 Å². The Kier molecular flexibility index (Phi) is 5.83. The smallest absolute Gasteiger partial charge is 0.324 e. The Morgan fingerprint density at radius 3 is 1.95 bits per heavy atom. The highest BCUT2D eigenvalue weighted by molar-refractivity contribution is 8.10. The van der Waals surface area contributed by atoms with Gasteiger partial charge in [0.05, 0.1) is 11.4 Å². The Bertz CT molecular complexity index is 561. The molecule has 0 fully saturated rings. The summed E-state index contributed by atoms with van der Waals surface area (Å²) >= 11 is 0. The van der Waals surface area contributed by atoms with Crippen molar-refractivity contribution in [2.45, 2.75) is 37.4 Å². The molecular formula is C9H21O7PS2. The zero-order valence-electron chi connectivity index (χ0n) is 11.7. The first-order valence-corrected chi connectivity index (χ1v) is 10.5. The van der Waals surface area contributed by atoms with Crippen LogP contribution in [0.1, 0.15) is 27.7 Å². The molecule has 0 rings (SSSR count). The Morgan fingerprint density at radius 2 is 1.63 bits per heavy atom. The van der Waals surface area contributed by atoms with Gasteiger partial charge in [-0.15, -0.1) is 0 Å². The second-order valence-electron chi connectivity index (χ2n) is 4.68. The fourth-order valence-corrected chi connectivity index (χ4v) is 6.87. The number of rotatable bonds is 7. The highest BCUT2D eigenvalue weighted by Gasteiger charge is 2.47. The first kappa shape index (κ1) is 19.1. The van der Waals surface area contributed by atoms with E-state index in [1.165, 1.54) is 13.8 Å². The molecular weight excluding hydrogens is 315 g/mol. The molecule has 0 spiro atoms. The summed E-state index contributed by atoms with van der Waals surface area (Å²) in [5, 5.41) is 0. The molecule has 116 valence electrons. The molecule has 10 heteroatoms. The van der Waals surface area contributed by atoms with Crippen LogP contribution in [-0.4, -0.2) is 50.1 Å². The highest BCUT2D eigenvalue weighted by Crippen LogP contribution is 2.47. The van der Waals surface area contributed by atoms with Crippen LogP contribution in [0.3, 0.4) is 0 Å². The van der Waals surface area contributed by atoms with E-state index < -0.39 is 42.8 Å². The quantitative estimate of drug-likeness (QED) is 0.683. The van der Waals surface area contributed by atoms with Crippen LogP contribution >= 0.6 is 7.60 Å². The predicted octanol–water partition coefficient (Wildman–Crippen LogP) is 0.792. The molecule has 0 saturated carbocycles. The molecule has 1 N–H and O–H groups in total. The van der Waals surface area contributed by atoms with E-state index in [0.29, 0.717) is 0 Å². The minimum atomic E-state index is -4.12. The first-order valence-electron chi connectivity index (χ1n) is 5.58. The summed E-state index contributed by atoms with van der Waals surface area (Å²) in [6, 6.07) is 0. The van der Waals surface area contributed by atoms with Crippen molar-refractivity contribution in [1.82, 2.24) is 0 Å². The van der Waals surface area contributed by atoms with Crippen molar-refractivity contribution in [1.29, 1.82) is 0 Å². The van der Waals surface area contributed by atoms with Crippen LogP contribution in [-0.2, 0) is 28.8 Å². The van der Waals surface area contributed by atoms with Gasteiger partial charge in [-0.1, -0.05) is 13.8 Å². The molecule has 0 aliphatic rings. The van der Waals surface area contributed by atoms with Crippen molar-refractivity contribution >= 4 is 27.3 Å². The van der Waals surface area contributed by atoms with E-state index >= 15 is 0 Å². The topological polar surface area (TPSA) is 115 Å². The Balaban J connectivity index is 5.51. The van der Waals surface area contributed by atoms with Crippen LogP contribution in [0.2, 0.25) is 0 Å². The normalized spacial score (nSPS) is 18.8. The van der Waals surface area contributed by atoms with E-state index in [1.54, 1.807) is 0 Å². The Morgan fingerprint density at radius 1 is 1.21 bits per heavy atom. The lowest BCUT2D eigenvalue weighted by Crippen LogP contribution is -2.44. The highest BCUT2D eigenvalue weighted by atomic mass is 32.3. The van der Waals surface area contributed by atoms with Gasteiger partial charge in [0.1, 0.15) is 0 Å². The summed E-state index contributed by atoms with van der Waals surface area (Å²) in [6.07, 6.45) is 0. The van der Waals surface area contributed by atoms with Crippen molar-refractivity contribution in [2.24, 2.45) is 0 Å². The first-order chi connectivity index (χ1) is 8.25. The van der Waals surface area contributed by atoms with Crippen LogP contribution in [0.5, 0.6) is 0 Å². The van der Waals surface area contributed by atoms with Crippen molar-refractivity contribution < 1.29 is 30.8 Å². The maximum absolute atomic E-state index is 12.2. The summed E-state index contributed by atoms with van der Waals surface area (Å²) in [4.78, 5) is 9.40. The standard InChI is InChI=1S/C9H21O7PS2/c1-6-18(12,13)9(3,4)19(14,15)7-8(2)17(10,11)16-5/h8H,6-7H2,1-5H3,(H,10,11). The second kappa shape index (κ2) is 5.81. The van der Waals surface area contributed by atoms with Gasteiger partial charge >= 0.3 is 7.60 Å². The van der Waals surface area contributed by atoms with Gasteiger partial charge in [0.25, 0.3) is 0 Å². The fraction of sp³-hybridized carbons (Fsp3) is 1.00. The average molecular weight is 336 g/mol. The number of hydrogen-bond acceptors (Lipinski definition) is 6. The van der Waals surface area contributed by atoms with E-state index in [9.17, 15) is 26.3 Å². The molecule has 2 atom stereocenters. The molecule has 0 bridgehead atoms. The molecule has 0 aliphatic carbocycles. The van der Waals surface area contributed by atoms with Crippen LogP contribution in [0.4, 0.5) is 0 Å². The van der Waals surface area contributed by atoms with Crippen molar-refractivity contribution in [3.05, 3.63) is 0 Å². The van der Waals surface area contributed by atoms with E-state index in [1.807, 2.05) is 0 Å². The third kappa shape index (κ3) is 3.78. The van der Waals surface area contributed by atoms with Crippen LogP contribution in [0.15, 0.2) is 0 Å². The van der Waals surface area contributed by atoms with Crippen molar-refractivity contribution in [2.75, 3.05) is 18.6 Å². The zero-order valence-corrected chi connectivity index (χ0v) is 14.2. The molecule has 2 unspecified atom stereocenters. The number of hydrogen-bond donors (Lipinski definition) is 1. The largest absolute Gasteiger partial charge is 0.331 e. The summed E-state index contributed by atoms with van der Waals surface area (Å²) < 4.78 is 61.9. The molecule has 7 nitrogen and oxygen atoms in total. The summed E-state index contributed by atoms with van der Waals surface area (Å²) in [7, 11) is -11.0. The monoisotopic (exact) mass is 336 g/mol. The summed E-state index contributed by atoms with van der Waals surface area (Å²) in [6.45, 7) is 4.75. The molecule has 0 heterocycles. The average Bonchev–Trinajstić information content (AvgIpc) is 2.27. The molecule has 0 aromatic carbocycles. The van der Waals surface area contributed by atoms with Gasteiger partial charge in [0.15, 0.2) is 23.8 Å². The van der Waals surface area contributed by atoms with Gasteiger partial charge in [-0.05, 0) is 13.8 Å². The second-order valence-corrected chi connectivity index (χ2v) is 12.7. The van der Waals surface area contributed by atoms with Crippen LogP contribution in [0, 0.1) is 0 Å². The Hall–Kier alpha value is 0.0500. The van der Waals surface area contributed by atoms with E-state index in [2.05, 4.69) is 4.52 Å². The van der Waals surface area contributed by atoms with Gasteiger partial charge in [-0.3, -0.25) is 4.57 Å². The minimum absolute atomic E-state index is 0.325. The predicted molar refractivity (Wildman–Crippen MR) is 73.6 cm³/mol. The molecule has 0 aromatic rings. The Labute approximate surface area is 114 Å². The molecule has 0 amide bonds. The lowest BCUT2D eigenvalue weighted by atomic mass is 10.5. The fourth-order valence-electron chi connectivity index (χ4n) is 1.33. The summed E-state index contributed by atoms with van der Waals surface area (Å²) in [5.74, 6) is -1.06. The molecule has 0 aliphatic heterocycles. The van der Waals surface area contributed by atoms with Crippen LogP contribution < -0.4 is 0 Å². The van der Waals surface area contributed by atoms with E-state index in [4.69, 9.17) is 0 Å². The number of sulfone groups is 2. The molecule has 19 heavy (non-hydrogen) atoms. The van der Waals surface area contributed by atoms with Crippen molar-refractivity contribution in [3.8, 4) is 0 Å². The van der Waals surface area contributed by atoms with E-state index in [-0.39, 0.29) is 5.75 Å². The summed E-state index contributed by atoms with van der Waals surface area (Å²) in [5.41, 5.74) is -1.20. The zero-order chi connectivity index (χ0) is 15.7. The SMILES string of the molecule is CCS(=O)(=O)C(C)(C)S(=O)(=O)CC(C)P(=O)(O)OC.